The van der Waals surface area contributed by atoms with Gasteiger partial charge >= 0.3 is 0 Å². The van der Waals surface area contributed by atoms with Crippen molar-refractivity contribution in [2.75, 3.05) is 6.61 Å². The van der Waals surface area contributed by atoms with Crippen molar-refractivity contribution in [1.82, 2.24) is 9.97 Å². The fourth-order valence-electron chi connectivity index (χ4n) is 3.04. The molecule has 1 atom stereocenters. The summed E-state index contributed by atoms with van der Waals surface area (Å²) in [4.78, 5) is 8.74. The lowest BCUT2D eigenvalue weighted by molar-refractivity contribution is 0.0566. The van der Waals surface area contributed by atoms with Crippen LogP contribution < -0.4 is 0 Å². The Morgan fingerprint density at radius 3 is 2.66 bits per heavy atom. The highest BCUT2D eigenvalue weighted by molar-refractivity contribution is 5.57. The van der Waals surface area contributed by atoms with Crippen LogP contribution in [0.5, 0.6) is 0 Å². The summed E-state index contributed by atoms with van der Waals surface area (Å²) in [6.45, 7) is 8.87. The molecule has 2 aromatic rings. The molecule has 0 saturated heterocycles. The molecule has 3 nitrogen and oxygen atoms in total. The minimum Gasteiger partial charge on any atom is -0.379 e. The first kappa shape index (κ1) is 23.0. The Balaban J connectivity index is 1.77. The molecule has 0 bridgehead atoms. The van der Waals surface area contributed by atoms with Gasteiger partial charge < -0.3 is 4.74 Å². The Hall–Kier alpha value is -2.33. The molecule has 0 aliphatic rings. The molecule has 0 saturated carbocycles. The van der Waals surface area contributed by atoms with E-state index in [1.54, 1.807) is 24.5 Å². The van der Waals surface area contributed by atoms with E-state index in [0.717, 1.165) is 37.9 Å². The van der Waals surface area contributed by atoms with Crippen LogP contribution in [0.1, 0.15) is 63.5 Å². The van der Waals surface area contributed by atoms with Crippen LogP contribution in [0.4, 0.5) is 4.39 Å². The van der Waals surface area contributed by atoms with Crippen LogP contribution in [0.2, 0.25) is 0 Å². The molecule has 0 fully saturated rings. The molecule has 1 aromatic carbocycles. The Morgan fingerprint density at radius 2 is 1.97 bits per heavy atom. The summed E-state index contributed by atoms with van der Waals surface area (Å²) < 4.78 is 19.9. The van der Waals surface area contributed by atoms with Gasteiger partial charge in [0.25, 0.3) is 0 Å². The maximum absolute atomic E-state index is 14.1. The number of unbranched alkanes of at least 4 members (excludes halogenated alkanes) is 3. The first-order valence-electron chi connectivity index (χ1n) is 10.6. The van der Waals surface area contributed by atoms with Crippen molar-refractivity contribution in [2.45, 2.75) is 64.9 Å². The van der Waals surface area contributed by atoms with Crippen molar-refractivity contribution in [3.8, 4) is 11.4 Å². The van der Waals surface area contributed by atoms with E-state index in [9.17, 15) is 4.39 Å². The van der Waals surface area contributed by atoms with E-state index in [4.69, 9.17) is 4.74 Å². The van der Waals surface area contributed by atoms with Gasteiger partial charge in [-0.25, -0.2) is 14.4 Å². The number of rotatable bonds is 13. The highest BCUT2D eigenvalue weighted by Crippen LogP contribution is 2.19. The van der Waals surface area contributed by atoms with Gasteiger partial charge in [-0.1, -0.05) is 50.1 Å². The fraction of sp³-hybridized carbons (Fsp3) is 0.440. The summed E-state index contributed by atoms with van der Waals surface area (Å²) in [5.41, 5.74) is 2.25. The molecule has 0 radical (unpaired) electrons. The van der Waals surface area contributed by atoms with Crippen molar-refractivity contribution < 1.29 is 9.13 Å². The second-order valence-corrected chi connectivity index (χ2v) is 7.36. The van der Waals surface area contributed by atoms with E-state index in [-0.39, 0.29) is 5.82 Å². The summed E-state index contributed by atoms with van der Waals surface area (Å²) in [5, 5.41) is 0. The third kappa shape index (κ3) is 8.28. The van der Waals surface area contributed by atoms with Crippen LogP contribution in [0, 0.1) is 5.82 Å². The Bertz CT molecular complexity index is 771. The SMILES string of the molecule is C=CCc1ccc(-c2ncc(C=CCCCC(C)OCCCCC)cn2)cc1F. The zero-order chi connectivity index (χ0) is 20.9. The van der Waals surface area contributed by atoms with Crippen molar-refractivity contribution in [1.29, 1.82) is 0 Å². The monoisotopic (exact) mass is 396 g/mol. The second-order valence-electron chi connectivity index (χ2n) is 7.36. The number of ether oxygens (including phenoxy) is 1. The molecule has 4 heteroatoms. The van der Waals surface area contributed by atoms with Gasteiger partial charge in [-0.15, -0.1) is 6.58 Å². The van der Waals surface area contributed by atoms with Gasteiger partial charge in [0.2, 0.25) is 0 Å². The van der Waals surface area contributed by atoms with Gasteiger partial charge in [-0.2, -0.15) is 0 Å². The van der Waals surface area contributed by atoms with Crippen LogP contribution in [0.25, 0.3) is 17.5 Å². The number of allylic oxidation sites excluding steroid dienone is 2. The summed E-state index contributed by atoms with van der Waals surface area (Å²) in [6.07, 6.45) is 17.0. The Morgan fingerprint density at radius 1 is 1.17 bits per heavy atom. The molecule has 0 N–H and O–H groups in total. The van der Waals surface area contributed by atoms with E-state index >= 15 is 0 Å². The zero-order valence-electron chi connectivity index (χ0n) is 17.7. The van der Waals surface area contributed by atoms with Gasteiger partial charge in [0.05, 0.1) is 6.10 Å². The lowest BCUT2D eigenvalue weighted by Gasteiger charge is -2.11. The minimum absolute atomic E-state index is 0.251. The maximum Gasteiger partial charge on any atom is 0.159 e. The van der Waals surface area contributed by atoms with Crippen LogP contribution in [-0.4, -0.2) is 22.7 Å². The van der Waals surface area contributed by atoms with E-state index in [0.29, 0.717) is 29.5 Å². The maximum atomic E-state index is 14.1. The number of aromatic nitrogens is 2. The van der Waals surface area contributed by atoms with Crippen LogP contribution in [0.15, 0.2) is 49.3 Å². The quantitative estimate of drug-likeness (QED) is 0.276. The first-order chi connectivity index (χ1) is 14.1. The lowest BCUT2D eigenvalue weighted by Crippen LogP contribution is -2.08. The fourth-order valence-corrected chi connectivity index (χ4v) is 3.04. The molecule has 0 aliphatic heterocycles. The molecule has 0 spiro atoms. The molecule has 0 aliphatic carbocycles. The molecule has 156 valence electrons. The number of hydrogen-bond acceptors (Lipinski definition) is 3. The number of benzene rings is 1. The number of hydrogen-bond donors (Lipinski definition) is 0. The molecule has 29 heavy (non-hydrogen) atoms. The van der Waals surface area contributed by atoms with Gasteiger partial charge in [0, 0.05) is 30.1 Å². The predicted octanol–water partition coefficient (Wildman–Crippen LogP) is 6.79. The average Bonchev–Trinajstić information content (AvgIpc) is 2.73. The van der Waals surface area contributed by atoms with E-state index < -0.39 is 0 Å². The molecule has 1 heterocycles. The average molecular weight is 397 g/mol. The zero-order valence-corrected chi connectivity index (χ0v) is 17.7. The van der Waals surface area contributed by atoms with E-state index in [1.807, 2.05) is 12.1 Å². The molecule has 2 rings (SSSR count). The first-order valence-corrected chi connectivity index (χ1v) is 10.6. The van der Waals surface area contributed by atoms with Crippen molar-refractivity contribution in [2.24, 2.45) is 0 Å². The smallest absolute Gasteiger partial charge is 0.159 e. The third-order valence-electron chi connectivity index (χ3n) is 4.79. The van der Waals surface area contributed by atoms with Crippen LogP contribution in [0.3, 0.4) is 0 Å². The number of halogens is 1. The van der Waals surface area contributed by atoms with E-state index in [1.165, 1.54) is 18.9 Å². The van der Waals surface area contributed by atoms with Crippen molar-refractivity contribution in [3.05, 3.63) is 66.3 Å². The van der Waals surface area contributed by atoms with Crippen molar-refractivity contribution in [3.63, 3.8) is 0 Å². The number of nitrogens with zero attached hydrogens (tertiary/aromatic N) is 2. The van der Waals surface area contributed by atoms with Gasteiger partial charge in [-0.05, 0) is 50.7 Å². The minimum atomic E-state index is -0.251. The van der Waals surface area contributed by atoms with Gasteiger partial charge in [0.15, 0.2) is 5.82 Å². The molecular weight excluding hydrogens is 363 g/mol. The molecule has 1 unspecified atom stereocenters. The summed E-state index contributed by atoms with van der Waals surface area (Å²) in [5.74, 6) is 0.277. The van der Waals surface area contributed by atoms with Gasteiger partial charge in [-0.3, -0.25) is 0 Å². The topological polar surface area (TPSA) is 35.0 Å². The summed E-state index contributed by atoms with van der Waals surface area (Å²) in [6, 6.07) is 5.09. The predicted molar refractivity (Wildman–Crippen MR) is 119 cm³/mol. The molecular formula is C25H33FN2O. The molecule has 1 aromatic heterocycles. The van der Waals surface area contributed by atoms with Crippen molar-refractivity contribution >= 4 is 6.08 Å². The van der Waals surface area contributed by atoms with E-state index in [2.05, 4.69) is 36.5 Å². The highest BCUT2D eigenvalue weighted by Gasteiger charge is 2.06. The lowest BCUT2D eigenvalue weighted by atomic mass is 10.1. The van der Waals surface area contributed by atoms with Crippen LogP contribution >= 0.6 is 0 Å². The summed E-state index contributed by atoms with van der Waals surface area (Å²) >= 11 is 0. The summed E-state index contributed by atoms with van der Waals surface area (Å²) in [7, 11) is 0. The Kier molecular flexibility index (Phi) is 10.3. The third-order valence-corrected chi connectivity index (χ3v) is 4.79. The molecule has 0 amide bonds. The standard InChI is InChI=1S/C25H33FN2O/c1-4-6-10-16-29-20(3)12-8-7-9-13-21-18-27-25(28-19-21)23-15-14-22(11-5-2)24(26)17-23/h5,9,13-15,17-20H,2,4,6-8,10-12,16H2,1,3H3. The second kappa shape index (κ2) is 13.0. The largest absolute Gasteiger partial charge is 0.379 e. The Labute approximate surface area is 174 Å². The normalized spacial score (nSPS) is 12.4. The highest BCUT2D eigenvalue weighted by atomic mass is 19.1. The van der Waals surface area contributed by atoms with Crippen LogP contribution in [-0.2, 0) is 11.2 Å². The van der Waals surface area contributed by atoms with Gasteiger partial charge in [0.1, 0.15) is 5.82 Å².